The summed E-state index contributed by atoms with van der Waals surface area (Å²) >= 11 is 0. The molecule has 0 aromatic carbocycles. The molecule has 1 unspecified atom stereocenters. The first-order chi connectivity index (χ1) is 9.79. The molecule has 2 heterocycles. The summed E-state index contributed by atoms with van der Waals surface area (Å²) in [4.78, 5) is 36.3. The predicted molar refractivity (Wildman–Crippen MR) is 72.0 cm³/mol. The highest BCUT2D eigenvalue weighted by molar-refractivity contribution is 5.95. The van der Waals surface area contributed by atoms with Gasteiger partial charge < -0.3 is 21.1 Å². The van der Waals surface area contributed by atoms with Crippen molar-refractivity contribution in [3.63, 3.8) is 0 Å². The van der Waals surface area contributed by atoms with Crippen LogP contribution in [0.4, 0.5) is 5.82 Å². The van der Waals surface area contributed by atoms with Crippen LogP contribution in [-0.4, -0.2) is 50.1 Å². The molecule has 0 bridgehead atoms. The lowest BCUT2D eigenvalue weighted by Crippen LogP contribution is -2.42. The zero-order valence-corrected chi connectivity index (χ0v) is 11.7. The van der Waals surface area contributed by atoms with Gasteiger partial charge in [0.05, 0.1) is 12.1 Å². The molecule has 4 N–H and O–H groups in total. The van der Waals surface area contributed by atoms with Crippen LogP contribution in [0, 0.1) is 5.92 Å². The summed E-state index contributed by atoms with van der Waals surface area (Å²) in [6.07, 6.45) is 1.51. The van der Waals surface area contributed by atoms with Crippen LogP contribution in [0.2, 0.25) is 0 Å². The highest BCUT2D eigenvalue weighted by Gasteiger charge is 2.40. The van der Waals surface area contributed by atoms with Gasteiger partial charge in [-0.3, -0.25) is 19.1 Å². The Labute approximate surface area is 120 Å². The smallest absolute Gasteiger partial charge is 0.240 e. The SMILES string of the molecule is CC(=O)N1C[C@@H](C(=O)Nc2nn(C)cc2O)CC1C(N)=O. The van der Waals surface area contributed by atoms with Crippen molar-refractivity contribution in [2.75, 3.05) is 11.9 Å². The molecule has 2 atom stereocenters. The molecule has 9 heteroatoms. The normalized spacial score (nSPS) is 21.3. The maximum atomic E-state index is 12.2. The van der Waals surface area contributed by atoms with Gasteiger partial charge in [-0.05, 0) is 6.42 Å². The van der Waals surface area contributed by atoms with E-state index in [9.17, 15) is 19.5 Å². The van der Waals surface area contributed by atoms with E-state index in [0.29, 0.717) is 0 Å². The second kappa shape index (κ2) is 5.43. The second-order valence-electron chi connectivity index (χ2n) is 5.05. The van der Waals surface area contributed by atoms with E-state index in [2.05, 4.69) is 10.4 Å². The van der Waals surface area contributed by atoms with Crippen LogP contribution < -0.4 is 11.1 Å². The summed E-state index contributed by atoms with van der Waals surface area (Å²) in [6, 6.07) is -0.782. The number of hydrogen-bond acceptors (Lipinski definition) is 5. The van der Waals surface area contributed by atoms with Gasteiger partial charge in [0.15, 0.2) is 11.6 Å². The molecule has 1 fully saturated rings. The topological polar surface area (TPSA) is 131 Å². The predicted octanol–water partition coefficient (Wildman–Crippen LogP) is -1.21. The number of anilines is 1. The first-order valence-electron chi connectivity index (χ1n) is 6.39. The molecule has 1 aromatic heterocycles. The lowest BCUT2D eigenvalue weighted by Gasteiger charge is -2.19. The highest BCUT2D eigenvalue weighted by Crippen LogP contribution is 2.26. The third-order valence-electron chi connectivity index (χ3n) is 3.46. The zero-order valence-electron chi connectivity index (χ0n) is 11.7. The third kappa shape index (κ3) is 2.96. The van der Waals surface area contributed by atoms with Gasteiger partial charge in [0.2, 0.25) is 17.7 Å². The van der Waals surface area contributed by atoms with Crippen molar-refractivity contribution in [1.29, 1.82) is 0 Å². The number of likely N-dealkylation sites (tertiary alicyclic amines) is 1. The van der Waals surface area contributed by atoms with Gasteiger partial charge >= 0.3 is 0 Å². The van der Waals surface area contributed by atoms with Gasteiger partial charge in [-0.1, -0.05) is 0 Å². The van der Waals surface area contributed by atoms with Gasteiger partial charge in [-0.2, -0.15) is 5.10 Å². The first-order valence-corrected chi connectivity index (χ1v) is 6.39. The van der Waals surface area contributed by atoms with Crippen LogP contribution in [0.25, 0.3) is 0 Å². The average Bonchev–Trinajstić information content (AvgIpc) is 2.94. The molecule has 1 aromatic rings. The Bertz CT molecular complexity index is 574. The summed E-state index contributed by atoms with van der Waals surface area (Å²) in [5, 5.41) is 15.9. The molecule has 0 radical (unpaired) electrons. The molecule has 9 nitrogen and oxygen atoms in total. The molecular weight excluding hydrogens is 278 g/mol. The van der Waals surface area contributed by atoms with E-state index >= 15 is 0 Å². The number of carbonyl (C=O) groups is 3. The Morgan fingerprint density at radius 2 is 2.14 bits per heavy atom. The Morgan fingerprint density at radius 1 is 1.48 bits per heavy atom. The fourth-order valence-electron chi connectivity index (χ4n) is 2.43. The number of primary amides is 1. The van der Waals surface area contributed by atoms with Crippen LogP contribution in [0.3, 0.4) is 0 Å². The van der Waals surface area contributed by atoms with Crippen molar-refractivity contribution >= 4 is 23.5 Å². The number of carbonyl (C=O) groups excluding carboxylic acids is 3. The molecular formula is C12H17N5O4. The van der Waals surface area contributed by atoms with Gasteiger partial charge in [0.25, 0.3) is 0 Å². The minimum atomic E-state index is -0.782. The Morgan fingerprint density at radius 3 is 2.57 bits per heavy atom. The number of nitrogens with zero attached hydrogens (tertiary/aromatic N) is 3. The van der Waals surface area contributed by atoms with E-state index in [-0.39, 0.29) is 30.4 Å². The fourth-order valence-corrected chi connectivity index (χ4v) is 2.43. The molecule has 1 saturated heterocycles. The Balaban J connectivity index is 2.09. The third-order valence-corrected chi connectivity index (χ3v) is 3.46. The molecule has 0 aliphatic carbocycles. The van der Waals surface area contributed by atoms with Crippen LogP contribution in [0.5, 0.6) is 5.75 Å². The molecule has 3 amide bonds. The molecule has 1 aliphatic rings. The minimum absolute atomic E-state index is 0.0411. The highest BCUT2D eigenvalue weighted by atomic mass is 16.3. The van der Waals surface area contributed by atoms with E-state index in [1.54, 1.807) is 7.05 Å². The number of nitrogens with one attached hydrogen (secondary N) is 1. The molecule has 2 rings (SSSR count). The molecule has 114 valence electrons. The van der Waals surface area contributed by atoms with Crippen molar-refractivity contribution in [2.45, 2.75) is 19.4 Å². The van der Waals surface area contributed by atoms with Crippen molar-refractivity contribution in [2.24, 2.45) is 18.7 Å². The number of aromatic nitrogens is 2. The Kier molecular flexibility index (Phi) is 3.83. The van der Waals surface area contributed by atoms with Gasteiger partial charge in [-0.25, -0.2) is 0 Å². The average molecular weight is 295 g/mol. The lowest BCUT2D eigenvalue weighted by atomic mass is 10.0. The maximum Gasteiger partial charge on any atom is 0.240 e. The van der Waals surface area contributed by atoms with E-state index in [1.165, 1.54) is 22.7 Å². The number of hydrogen-bond donors (Lipinski definition) is 3. The number of amides is 3. The zero-order chi connectivity index (χ0) is 15.7. The fraction of sp³-hybridized carbons (Fsp3) is 0.500. The van der Waals surface area contributed by atoms with E-state index in [4.69, 9.17) is 5.73 Å². The van der Waals surface area contributed by atoms with Crippen molar-refractivity contribution < 1.29 is 19.5 Å². The summed E-state index contributed by atoms with van der Waals surface area (Å²) in [5.74, 6) is -2.05. The van der Waals surface area contributed by atoms with Crippen LogP contribution in [0.15, 0.2) is 6.20 Å². The van der Waals surface area contributed by atoms with Crippen LogP contribution in [-0.2, 0) is 21.4 Å². The number of nitrogens with two attached hydrogens (primary N) is 1. The van der Waals surface area contributed by atoms with E-state index < -0.39 is 23.8 Å². The summed E-state index contributed by atoms with van der Waals surface area (Å²) in [6.45, 7) is 1.43. The van der Waals surface area contributed by atoms with Crippen molar-refractivity contribution in [3.8, 4) is 5.75 Å². The van der Waals surface area contributed by atoms with Crippen LogP contribution in [0.1, 0.15) is 13.3 Å². The molecule has 21 heavy (non-hydrogen) atoms. The lowest BCUT2D eigenvalue weighted by molar-refractivity contribution is -0.135. The van der Waals surface area contributed by atoms with E-state index in [1.807, 2.05) is 0 Å². The maximum absolute atomic E-state index is 12.2. The monoisotopic (exact) mass is 295 g/mol. The van der Waals surface area contributed by atoms with Gasteiger partial charge in [0, 0.05) is 20.5 Å². The second-order valence-corrected chi connectivity index (χ2v) is 5.05. The quantitative estimate of drug-likeness (QED) is 0.644. The van der Waals surface area contributed by atoms with Gasteiger partial charge in [0.1, 0.15) is 6.04 Å². The summed E-state index contributed by atoms with van der Waals surface area (Å²) in [5.41, 5.74) is 5.25. The van der Waals surface area contributed by atoms with Crippen molar-refractivity contribution in [3.05, 3.63) is 6.20 Å². The standard InChI is InChI=1S/C12H17N5O4/c1-6(18)17-4-7(3-8(17)10(13)20)12(21)14-11-9(19)5-16(2)15-11/h5,7-8,19H,3-4H2,1-2H3,(H2,13,20)(H,14,15,21)/t7-,8?/m0/s1. The molecule has 1 aliphatic heterocycles. The number of aryl methyl sites for hydroxylation is 1. The summed E-state index contributed by atoms with van der Waals surface area (Å²) in [7, 11) is 1.60. The van der Waals surface area contributed by atoms with E-state index in [0.717, 1.165) is 0 Å². The first kappa shape index (κ1) is 14.8. The summed E-state index contributed by atoms with van der Waals surface area (Å²) < 4.78 is 1.35. The van der Waals surface area contributed by atoms with Gasteiger partial charge in [-0.15, -0.1) is 0 Å². The minimum Gasteiger partial charge on any atom is -0.503 e. The largest absolute Gasteiger partial charge is 0.503 e. The van der Waals surface area contributed by atoms with Crippen molar-refractivity contribution in [1.82, 2.24) is 14.7 Å². The molecule has 0 saturated carbocycles. The Hall–Kier alpha value is -2.58. The van der Waals surface area contributed by atoms with Crippen LogP contribution >= 0.6 is 0 Å². The molecule has 0 spiro atoms. The number of aromatic hydroxyl groups is 1. The number of rotatable bonds is 3.